The summed E-state index contributed by atoms with van der Waals surface area (Å²) in [6.07, 6.45) is 1.82. The fraction of sp³-hybridized carbons (Fsp3) is 0.500. The quantitative estimate of drug-likeness (QED) is 0.911. The van der Waals surface area contributed by atoms with E-state index in [-0.39, 0.29) is 17.4 Å². The lowest BCUT2D eigenvalue weighted by Gasteiger charge is -2.15. The number of hydrogen-bond donors (Lipinski definition) is 1. The van der Waals surface area contributed by atoms with Gasteiger partial charge in [0.15, 0.2) is 0 Å². The van der Waals surface area contributed by atoms with E-state index in [0.29, 0.717) is 32.0 Å². The second kappa shape index (κ2) is 5.84. The van der Waals surface area contributed by atoms with Gasteiger partial charge < -0.3 is 14.8 Å². The van der Waals surface area contributed by atoms with Crippen LogP contribution in [0.15, 0.2) is 24.3 Å². The number of rotatable bonds is 3. The number of nitriles is 1. The van der Waals surface area contributed by atoms with E-state index < -0.39 is 0 Å². The molecular formula is C16H18N2O3. The minimum Gasteiger partial charge on any atom is -0.377 e. The summed E-state index contributed by atoms with van der Waals surface area (Å²) >= 11 is 0. The van der Waals surface area contributed by atoms with Crippen molar-refractivity contribution in [3.05, 3.63) is 35.4 Å². The Morgan fingerprint density at radius 3 is 2.33 bits per heavy atom. The maximum absolute atomic E-state index is 12.2. The largest absolute Gasteiger partial charge is 0.377 e. The Bertz CT molecular complexity index is 550. The molecule has 0 atom stereocenters. The van der Waals surface area contributed by atoms with Gasteiger partial charge in [0.05, 0.1) is 44.0 Å². The van der Waals surface area contributed by atoms with Crippen LogP contribution in [0.1, 0.15) is 28.8 Å². The summed E-state index contributed by atoms with van der Waals surface area (Å²) in [6.45, 7) is 2.08. The Labute approximate surface area is 123 Å². The normalized spacial score (nSPS) is 21.1. The molecule has 5 heteroatoms. The van der Waals surface area contributed by atoms with Crippen molar-refractivity contribution in [1.82, 2.24) is 5.32 Å². The van der Waals surface area contributed by atoms with Crippen LogP contribution in [0.3, 0.4) is 0 Å². The van der Waals surface area contributed by atoms with Crippen molar-refractivity contribution in [2.75, 3.05) is 26.4 Å². The topological polar surface area (TPSA) is 71.4 Å². The SMILES string of the molecule is N#CC1(c2ccc(C(=O)NC3COCCOC3)cc2)CC1. The van der Waals surface area contributed by atoms with Gasteiger partial charge in [-0.2, -0.15) is 5.26 Å². The minimum absolute atomic E-state index is 0.117. The van der Waals surface area contributed by atoms with Crippen LogP contribution in [-0.2, 0) is 14.9 Å². The molecule has 1 aliphatic carbocycles. The zero-order valence-electron chi connectivity index (χ0n) is 11.8. The first-order chi connectivity index (χ1) is 10.2. The lowest BCUT2D eigenvalue weighted by Crippen LogP contribution is -2.40. The van der Waals surface area contributed by atoms with Gasteiger partial charge in [0.1, 0.15) is 0 Å². The van der Waals surface area contributed by atoms with Gasteiger partial charge in [-0.25, -0.2) is 0 Å². The number of nitrogens with zero attached hydrogens (tertiary/aromatic N) is 1. The molecule has 0 aromatic heterocycles. The molecule has 5 nitrogen and oxygen atoms in total. The first-order valence-corrected chi connectivity index (χ1v) is 7.22. The van der Waals surface area contributed by atoms with Crippen molar-refractivity contribution < 1.29 is 14.3 Å². The van der Waals surface area contributed by atoms with Crippen LogP contribution in [0.2, 0.25) is 0 Å². The molecule has 1 N–H and O–H groups in total. The Morgan fingerprint density at radius 1 is 1.19 bits per heavy atom. The summed E-state index contributed by atoms with van der Waals surface area (Å²) in [6, 6.07) is 9.56. The summed E-state index contributed by atoms with van der Waals surface area (Å²) < 4.78 is 10.7. The van der Waals surface area contributed by atoms with E-state index in [1.807, 2.05) is 12.1 Å². The third kappa shape index (κ3) is 3.07. The summed E-state index contributed by atoms with van der Waals surface area (Å²) in [5.74, 6) is -0.137. The van der Waals surface area contributed by atoms with E-state index in [1.165, 1.54) is 0 Å². The lowest BCUT2D eigenvalue weighted by molar-refractivity contribution is 0.0876. The molecule has 1 heterocycles. The zero-order valence-corrected chi connectivity index (χ0v) is 11.8. The maximum atomic E-state index is 12.2. The molecule has 2 aliphatic rings. The predicted octanol–water partition coefficient (Wildman–Crippen LogP) is 1.39. The molecule has 0 radical (unpaired) electrons. The molecule has 0 spiro atoms. The average Bonchev–Trinajstić information content (AvgIpc) is 3.33. The van der Waals surface area contributed by atoms with Crippen molar-refractivity contribution in [1.29, 1.82) is 5.26 Å². The van der Waals surface area contributed by atoms with Gasteiger partial charge in [-0.3, -0.25) is 4.79 Å². The molecular weight excluding hydrogens is 268 g/mol. The summed E-state index contributed by atoms with van der Waals surface area (Å²) in [7, 11) is 0. The molecule has 2 fully saturated rings. The van der Waals surface area contributed by atoms with Gasteiger partial charge in [-0.05, 0) is 30.5 Å². The number of nitrogens with one attached hydrogen (secondary N) is 1. The number of ether oxygens (including phenoxy) is 2. The Morgan fingerprint density at radius 2 is 1.81 bits per heavy atom. The van der Waals surface area contributed by atoms with Crippen molar-refractivity contribution in [3.63, 3.8) is 0 Å². The Kier molecular flexibility index (Phi) is 3.91. The van der Waals surface area contributed by atoms with E-state index in [2.05, 4.69) is 11.4 Å². The Hall–Kier alpha value is -1.90. The second-order valence-electron chi connectivity index (χ2n) is 5.59. The van der Waals surface area contributed by atoms with Gasteiger partial charge in [0, 0.05) is 5.56 Å². The average molecular weight is 286 g/mol. The first-order valence-electron chi connectivity index (χ1n) is 7.22. The Balaban J connectivity index is 1.63. The molecule has 1 saturated carbocycles. The van der Waals surface area contributed by atoms with Crippen molar-refractivity contribution in [2.24, 2.45) is 0 Å². The van der Waals surface area contributed by atoms with Gasteiger partial charge in [0.25, 0.3) is 5.91 Å². The standard InChI is InChI=1S/C16H18N2O3/c17-11-16(5-6-16)13-3-1-12(2-4-13)15(19)18-14-9-20-7-8-21-10-14/h1-4,14H,5-10H2,(H,18,19). The van der Waals surface area contributed by atoms with Crippen molar-refractivity contribution in [2.45, 2.75) is 24.3 Å². The maximum Gasteiger partial charge on any atom is 0.251 e. The summed E-state index contributed by atoms with van der Waals surface area (Å²) in [4.78, 5) is 12.2. The minimum atomic E-state index is -0.308. The highest BCUT2D eigenvalue weighted by Gasteiger charge is 2.44. The first kappa shape index (κ1) is 14.1. The highest BCUT2D eigenvalue weighted by molar-refractivity contribution is 5.94. The molecule has 21 heavy (non-hydrogen) atoms. The van der Waals surface area contributed by atoms with Crippen molar-refractivity contribution in [3.8, 4) is 6.07 Å². The van der Waals surface area contributed by atoms with Crippen LogP contribution in [0.5, 0.6) is 0 Å². The van der Waals surface area contributed by atoms with Gasteiger partial charge in [0.2, 0.25) is 0 Å². The van der Waals surface area contributed by atoms with E-state index in [1.54, 1.807) is 12.1 Å². The van der Waals surface area contributed by atoms with Crippen LogP contribution < -0.4 is 5.32 Å². The lowest BCUT2D eigenvalue weighted by atomic mass is 9.96. The highest BCUT2D eigenvalue weighted by Crippen LogP contribution is 2.47. The number of benzene rings is 1. The molecule has 1 aromatic carbocycles. The van der Waals surface area contributed by atoms with Crippen LogP contribution in [-0.4, -0.2) is 38.4 Å². The third-order valence-corrected chi connectivity index (χ3v) is 4.01. The zero-order chi connectivity index (χ0) is 14.7. The molecule has 3 rings (SSSR count). The highest BCUT2D eigenvalue weighted by atomic mass is 16.5. The van der Waals surface area contributed by atoms with Gasteiger partial charge in [-0.1, -0.05) is 12.1 Å². The van der Waals surface area contributed by atoms with E-state index >= 15 is 0 Å². The van der Waals surface area contributed by atoms with Crippen LogP contribution >= 0.6 is 0 Å². The molecule has 1 amide bonds. The molecule has 0 unspecified atom stereocenters. The molecule has 110 valence electrons. The monoisotopic (exact) mass is 286 g/mol. The van der Waals surface area contributed by atoms with Crippen LogP contribution in [0.4, 0.5) is 0 Å². The number of hydrogen-bond acceptors (Lipinski definition) is 4. The fourth-order valence-corrected chi connectivity index (χ4v) is 2.50. The van der Waals surface area contributed by atoms with E-state index in [9.17, 15) is 10.1 Å². The second-order valence-corrected chi connectivity index (χ2v) is 5.59. The predicted molar refractivity (Wildman–Crippen MR) is 75.9 cm³/mol. The third-order valence-electron chi connectivity index (χ3n) is 4.01. The van der Waals surface area contributed by atoms with E-state index in [4.69, 9.17) is 9.47 Å². The molecule has 1 aromatic rings. The van der Waals surface area contributed by atoms with Gasteiger partial charge in [-0.15, -0.1) is 0 Å². The summed E-state index contributed by atoms with van der Waals surface area (Å²) in [5, 5.41) is 12.1. The van der Waals surface area contributed by atoms with Crippen LogP contribution in [0, 0.1) is 11.3 Å². The molecule has 1 saturated heterocycles. The number of carbonyl (C=O) groups is 1. The molecule has 0 bridgehead atoms. The summed E-state index contributed by atoms with van der Waals surface area (Å²) in [5.41, 5.74) is 1.29. The van der Waals surface area contributed by atoms with Crippen LogP contribution in [0.25, 0.3) is 0 Å². The molecule has 1 aliphatic heterocycles. The number of carbonyl (C=O) groups excluding carboxylic acids is 1. The fourth-order valence-electron chi connectivity index (χ4n) is 2.50. The number of amides is 1. The smallest absolute Gasteiger partial charge is 0.251 e. The van der Waals surface area contributed by atoms with Gasteiger partial charge >= 0.3 is 0 Å². The van der Waals surface area contributed by atoms with Crippen molar-refractivity contribution >= 4 is 5.91 Å². The van der Waals surface area contributed by atoms with E-state index in [0.717, 1.165) is 18.4 Å².